The molecule has 4 heteroatoms. The van der Waals surface area contributed by atoms with Crippen molar-refractivity contribution in [2.24, 2.45) is 9.98 Å². The predicted octanol–water partition coefficient (Wildman–Crippen LogP) is 2.79. The summed E-state index contributed by atoms with van der Waals surface area (Å²) in [5, 5.41) is 0. The van der Waals surface area contributed by atoms with E-state index in [4.69, 9.17) is 9.98 Å². The maximum Gasteiger partial charge on any atom is 0.0968 e. The lowest BCUT2D eigenvalue weighted by Gasteiger charge is -2.42. The Balaban J connectivity index is 2.16. The molecule has 0 saturated heterocycles. The van der Waals surface area contributed by atoms with E-state index in [1.54, 1.807) is 0 Å². The van der Waals surface area contributed by atoms with E-state index in [1.807, 2.05) is 0 Å². The summed E-state index contributed by atoms with van der Waals surface area (Å²) in [6.07, 6.45) is 0. The first-order chi connectivity index (χ1) is 9.25. The van der Waals surface area contributed by atoms with Crippen molar-refractivity contribution in [2.75, 3.05) is 0 Å². The molecule has 0 aliphatic carbocycles. The number of amidine groups is 2. The van der Waals surface area contributed by atoms with Gasteiger partial charge in [-0.3, -0.25) is 9.98 Å². The Morgan fingerprint density at radius 2 is 1.05 bits per heavy atom. The van der Waals surface area contributed by atoms with E-state index >= 15 is 0 Å². The Labute approximate surface area is 124 Å². The molecule has 2 aliphatic heterocycles. The maximum absolute atomic E-state index is 4.73. The van der Waals surface area contributed by atoms with Crippen molar-refractivity contribution in [2.45, 2.75) is 91.6 Å². The lowest BCUT2D eigenvalue weighted by atomic mass is 10.0. The fraction of sp³-hybridized carbons (Fsp3) is 0.875. The van der Waals surface area contributed by atoms with Crippen molar-refractivity contribution < 1.29 is 0 Å². The molecule has 0 N–H and O–H groups in total. The van der Waals surface area contributed by atoms with Gasteiger partial charge in [-0.05, 0) is 55.4 Å². The average molecular weight is 278 g/mol. The van der Waals surface area contributed by atoms with Crippen molar-refractivity contribution in [3.05, 3.63) is 0 Å². The fourth-order valence-electron chi connectivity index (χ4n) is 3.79. The second kappa shape index (κ2) is 5.38. The van der Waals surface area contributed by atoms with Gasteiger partial charge >= 0.3 is 0 Å². The molecule has 0 aromatic rings. The minimum absolute atomic E-state index is 0.398. The molecule has 2 aliphatic rings. The molecule has 114 valence electrons. The van der Waals surface area contributed by atoms with Gasteiger partial charge in [0, 0.05) is 24.2 Å². The first-order valence-electron chi connectivity index (χ1n) is 7.91. The molecule has 0 saturated carbocycles. The minimum atomic E-state index is 0.398. The Morgan fingerprint density at radius 3 is 1.25 bits per heavy atom. The highest BCUT2D eigenvalue weighted by Crippen LogP contribution is 2.27. The highest BCUT2D eigenvalue weighted by molar-refractivity contribution is 5.84. The zero-order valence-electron chi connectivity index (χ0n) is 14.3. The lowest BCUT2D eigenvalue weighted by Crippen LogP contribution is -2.55. The van der Waals surface area contributed by atoms with Crippen LogP contribution >= 0.6 is 0 Å². The Bertz CT molecular complexity index is 388. The number of rotatable bonds is 3. The number of hydrogen-bond acceptors (Lipinski definition) is 4. The van der Waals surface area contributed by atoms with E-state index < -0.39 is 0 Å². The van der Waals surface area contributed by atoms with Crippen molar-refractivity contribution in [1.82, 2.24) is 9.80 Å². The number of aliphatic imine (C=N–C) groups is 2. The van der Waals surface area contributed by atoms with Gasteiger partial charge in [-0.1, -0.05) is 0 Å². The van der Waals surface area contributed by atoms with Gasteiger partial charge in [-0.25, -0.2) is 0 Å². The van der Waals surface area contributed by atoms with Crippen LogP contribution in [0, 0.1) is 0 Å². The molecule has 2 heterocycles. The third-order valence-corrected chi connectivity index (χ3v) is 5.38. The summed E-state index contributed by atoms with van der Waals surface area (Å²) in [5.41, 5.74) is 0. The predicted molar refractivity (Wildman–Crippen MR) is 86.7 cm³/mol. The first-order valence-corrected chi connectivity index (χ1v) is 7.91. The van der Waals surface area contributed by atoms with Gasteiger partial charge in [-0.2, -0.15) is 0 Å². The van der Waals surface area contributed by atoms with Crippen LogP contribution in [0.3, 0.4) is 0 Å². The molecule has 0 aromatic carbocycles. The average Bonchev–Trinajstić information content (AvgIpc) is 2.76. The SMILES string of the molecule is CC1=NC(C)C(C)N1C(C)C(C)N1C(C)=NC(C)C1C. The number of nitrogens with zero attached hydrogens (tertiary/aromatic N) is 4. The van der Waals surface area contributed by atoms with E-state index in [0.717, 1.165) is 0 Å². The molecule has 4 nitrogen and oxygen atoms in total. The third kappa shape index (κ3) is 2.33. The van der Waals surface area contributed by atoms with E-state index in [2.05, 4.69) is 65.2 Å². The highest BCUT2D eigenvalue weighted by atomic mass is 15.4. The smallest absolute Gasteiger partial charge is 0.0968 e. The number of hydrogen-bond donors (Lipinski definition) is 0. The molecule has 0 radical (unpaired) electrons. The van der Waals surface area contributed by atoms with E-state index in [9.17, 15) is 0 Å². The summed E-state index contributed by atoms with van der Waals surface area (Å²) < 4.78 is 0. The second-order valence-electron chi connectivity index (χ2n) is 6.61. The molecule has 0 amide bonds. The van der Waals surface area contributed by atoms with E-state index in [-0.39, 0.29) is 0 Å². The van der Waals surface area contributed by atoms with Crippen molar-refractivity contribution >= 4 is 11.7 Å². The minimum Gasteiger partial charge on any atom is -0.351 e. The third-order valence-electron chi connectivity index (χ3n) is 5.38. The Hall–Kier alpha value is -1.06. The molecule has 20 heavy (non-hydrogen) atoms. The largest absolute Gasteiger partial charge is 0.351 e. The molecule has 2 rings (SSSR count). The van der Waals surface area contributed by atoms with Gasteiger partial charge in [0.05, 0.1) is 23.8 Å². The molecular weight excluding hydrogens is 248 g/mol. The van der Waals surface area contributed by atoms with Crippen LogP contribution in [0.2, 0.25) is 0 Å². The van der Waals surface area contributed by atoms with Crippen LogP contribution in [0.4, 0.5) is 0 Å². The zero-order valence-corrected chi connectivity index (χ0v) is 14.3. The van der Waals surface area contributed by atoms with Crippen LogP contribution < -0.4 is 0 Å². The van der Waals surface area contributed by atoms with Crippen LogP contribution in [0.15, 0.2) is 9.98 Å². The van der Waals surface area contributed by atoms with Crippen LogP contribution in [-0.4, -0.2) is 57.7 Å². The van der Waals surface area contributed by atoms with Gasteiger partial charge in [0.25, 0.3) is 0 Å². The molecule has 6 unspecified atom stereocenters. The summed E-state index contributed by atoms with van der Waals surface area (Å²) in [6.45, 7) is 17.9. The Morgan fingerprint density at radius 1 is 0.750 bits per heavy atom. The first kappa shape index (κ1) is 15.3. The molecule has 0 spiro atoms. The lowest BCUT2D eigenvalue weighted by molar-refractivity contribution is 0.151. The van der Waals surface area contributed by atoms with Crippen molar-refractivity contribution in [3.8, 4) is 0 Å². The highest BCUT2D eigenvalue weighted by Gasteiger charge is 2.38. The molecule has 0 bridgehead atoms. The van der Waals surface area contributed by atoms with Gasteiger partial charge in [0.15, 0.2) is 0 Å². The molecule has 6 atom stereocenters. The fourth-order valence-corrected chi connectivity index (χ4v) is 3.79. The van der Waals surface area contributed by atoms with Gasteiger partial charge in [0.1, 0.15) is 0 Å². The van der Waals surface area contributed by atoms with E-state index in [1.165, 1.54) is 11.7 Å². The monoisotopic (exact) mass is 278 g/mol. The van der Waals surface area contributed by atoms with E-state index in [0.29, 0.717) is 36.3 Å². The van der Waals surface area contributed by atoms with Gasteiger partial charge in [0.2, 0.25) is 0 Å². The summed E-state index contributed by atoms with van der Waals surface area (Å²) in [6, 6.07) is 2.65. The summed E-state index contributed by atoms with van der Waals surface area (Å²) in [4.78, 5) is 14.4. The maximum atomic E-state index is 4.73. The quantitative estimate of drug-likeness (QED) is 0.795. The van der Waals surface area contributed by atoms with Crippen LogP contribution in [0.5, 0.6) is 0 Å². The van der Waals surface area contributed by atoms with Gasteiger partial charge in [-0.15, -0.1) is 0 Å². The Kier molecular flexibility index (Phi) is 4.12. The molecule has 0 fully saturated rings. The standard InChI is InChI=1S/C16H30N4/c1-9-11(3)19(15(7)17-9)13(5)14(6)20-12(4)10(2)18-16(20)8/h9-14H,1-8H3. The van der Waals surface area contributed by atoms with Crippen LogP contribution in [-0.2, 0) is 0 Å². The summed E-state index contributed by atoms with van der Waals surface area (Å²) in [7, 11) is 0. The van der Waals surface area contributed by atoms with Crippen LogP contribution in [0.25, 0.3) is 0 Å². The second-order valence-corrected chi connectivity index (χ2v) is 6.61. The molecular formula is C16H30N4. The zero-order chi connectivity index (χ0) is 15.2. The van der Waals surface area contributed by atoms with Crippen molar-refractivity contribution in [1.29, 1.82) is 0 Å². The van der Waals surface area contributed by atoms with Gasteiger partial charge < -0.3 is 9.80 Å². The topological polar surface area (TPSA) is 31.2 Å². The van der Waals surface area contributed by atoms with Crippen molar-refractivity contribution in [3.63, 3.8) is 0 Å². The normalized spacial score (nSPS) is 37.0. The summed E-state index contributed by atoms with van der Waals surface area (Å²) >= 11 is 0. The molecule has 0 aromatic heterocycles. The summed E-state index contributed by atoms with van der Waals surface area (Å²) in [5.74, 6) is 2.36. The van der Waals surface area contributed by atoms with Crippen LogP contribution in [0.1, 0.15) is 55.4 Å².